The molecule has 0 aromatic carbocycles. The van der Waals surface area contributed by atoms with Gasteiger partial charge in [-0.2, -0.15) is 17.6 Å². The Morgan fingerprint density at radius 1 is 1.15 bits per heavy atom. The maximum absolute atomic E-state index is 12.4. The summed E-state index contributed by atoms with van der Waals surface area (Å²) < 4.78 is 49.4. The van der Waals surface area contributed by atoms with Gasteiger partial charge in [-0.3, -0.25) is 0 Å². The van der Waals surface area contributed by atoms with E-state index in [9.17, 15) is 17.6 Å². The second-order valence-electron chi connectivity index (χ2n) is 2.35. The Balaban J connectivity index is 5.07. The van der Waals surface area contributed by atoms with Crippen molar-refractivity contribution in [3.8, 4) is 0 Å². The van der Waals surface area contributed by atoms with Crippen LogP contribution in [0.5, 0.6) is 0 Å². The molecular weight excluding hydrogens is 235 g/mol. The van der Waals surface area contributed by atoms with E-state index in [1.54, 1.807) is 0 Å². The fourth-order valence-electron chi connectivity index (χ4n) is 0.601. The Morgan fingerprint density at radius 2 is 1.46 bits per heavy atom. The lowest BCUT2D eigenvalue weighted by Gasteiger charge is -2.33. The third kappa shape index (κ3) is 2.48. The van der Waals surface area contributed by atoms with Crippen molar-refractivity contribution in [2.45, 2.75) is 22.8 Å². The van der Waals surface area contributed by atoms with E-state index in [1.165, 1.54) is 0 Å². The number of alkyl halides is 6. The van der Waals surface area contributed by atoms with E-state index >= 15 is 0 Å². The number of hydrogen-bond acceptors (Lipinski definition) is 1. The van der Waals surface area contributed by atoms with Crippen LogP contribution in [-0.2, 0) is 0 Å². The van der Waals surface area contributed by atoms with Crippen molar-refractivity contribution in [2.24, 2.45) is 0 Å². The molecule has 0 amide bonds. The van der Waals surface area contributed by atoms with Gasteiger partial charge in [0.25, 0.3) is 0 Å². The minimum absolute atomic E-state index is 0.673. The van der Waals surface area contributed by atoms with Crippen molar-refractivity contribution in [2.75, 3.05) is 0 Å². The lowest BCUT2D eigenvalue weighted by atomic mass is 10.0. The smallest absolute Gasteiger partial charge is 0.357 e. The van der Waals surface area contributed by atoms with E-state index in [2.05, 4.69) is 29.8 Å². The summed E-state index contributed by atoms with van der Waals surface area (Å²) in [5.41, 5.74) is -3.83. The predicted octanol–water partition coefficient (Wildman–Crippen LogP) is 2.96. The Morgan fingerprint density at radius 3 is 1.54 bits per heavy atom. The zero-order valence-corrected chi connectivity index (χ0v) is 7.72. The van der Waals surface area contributed by atoms with Crippen LogP contribution in [0.15, 0.2) is 12.7 Å². The average Bonchev–Trinajstić information content (AvgIpc) is 1.82. The van der Waals surface area contributed by atoms with Crippen LogP contribution in [0.3, 0.4) is 0 Å². The standard InChI is InChI=1S/C6H6Cl2F4O/c1-2-3-4(13,5(7,9)10)6(8,11)12/h2,13H,1,3H2. The molecule has 0 atom stereocenters. The van der Waals surface area contributed by atoms with Crippen LogP contribution in [0.1, 0.15) is 6.42 Å². The number of aliphatic hydroxyl groups is 1. The Kier molecular flexibility index (Phi) is 3.63. The molecular formula is C6H6Cl2F4O. The number of halogens is 6. The van der Waals surface area contributed by atoms with E-state index < -0.39 is 22.8 Å². The summed E-state index contributed by atoms with van der Waals surface area (Å²) in [6.07, 6.45) is -0.452. The fourth-order valence-corrected chi connectivity index (χ4v) is 1.04. The molecule has 0 spiro atoms. The van der Waals surface area contributed by atoms with Crippen LogP contribution in [0, 0.1) is 0 Å². The highest BCUT2D eigenvalue weighted by molar-refractivity contribution is 6.26. The molecule has 0 aliphatic rings. The minimum Gasteiger partial charge on any atom is -0.376 e. The van der Waals surface area contributed by atoms with Crippen molar-refractivity contribution in [3.63, 3.8) is 0 Å². The number of rotatable bonds is 4. The van der Waals surface area contributed by atoms with Crippen molar-refractivity contribution >= 4 is 23.2 Å². The largest absolute Gasteiger partial charge is 0.376 e. The molecule has 0 aliphatic heterocycles. The molecule has 0 aromatic rings. The molecule has 0 aliphatic carbocycles. The zero-order chi connectivity index (χ0) is 10.9. The van der Waals surface area contributed by atoms with Crippen LogP contribution in [0.4, 0.5) is 17.6 Å². The van der Waals surface area contributed by atoms with Crippen LogP contribution in [0.2, 0.25) is 0 Å². The quantitative estimate of drug-likeness (QED) is 0.455. The molecule has 1 nitrogen and oxygen atoms in total. The molecule has 13 heavy (non-hydrogen) atoms. The summed E-state index contributed by atoms with van der Waals surface area (Å²) in [4.78, 5) is 0. The van der Waals surface area contributed by atoms with Crippen LogP contribution in [0.25, 0.3) is 0 Å². The molecule has 0 rings (SSSR count). The summed E-state index contributed by atoms with van der Waals surface area (Å²) in [5.74, 6) is 0. The molecule has 1 N–H and O–H groups in total. The van der Waals surface area contributed by atoms with Gasteiger partial charge < -0.3 is 5.11 Å². The zero-order valence-electron chi connectivity index (χ0n) is 6.21. The van der Waals surface area contributed by atoms with Crippen LogP contribution < -0.4 is 0 Å². The second-order valence-corrected chi connectivity index (χ2v) is 3.30. The highest BCUT2D eigenvalue weighted by atomic mass is 35.5. The fraction of sp³-hybridized carbons (Fsp3) is 0.667. The summed E-state index contributed by atoms with van der Waals surface area (Å²) >= 11 is 8.62. The maximum Gasteiger partial charge on any atom is 0.357 e. The molecule has 0 aromatic heterocycles. The molecule has 0 heterocycles. The van der Waals surface area contributed by atoms with Gasteiger partial charge in [0, 0.05) is 6.42 Å². The molecule has 7 heteroatoms. The highest BCUT2D eigenvalue weighted by Gasteiger charge is 2.65. The van der Waals surface area contributed by atoms with Gasteiger partial charge in [-0.05, 0) is 23.2 Å². The normalized spacial score (nSPS) is 14.4. The first-order valence-corrected chi connectivity index (χ1v) is 3.78. The minimum atomic E-state index is -4.54. The lowest BCUT2D eigenvalue weighted by molar-refractivity contribution is -0.214. The predicted molar refractivity (Wildman–Crippen MR) is 41.4 cm³/mol. The van der Waals surface area contributed by atoms with Gasteiger partial charge in [-0.1, -0.05) is 6.08 Å². The molecule has 0 fully saturated rings. The van der Waals surface area contributed by atoms with Crippen molar-refractivity contribution < 1.29 is 22.7 Å². The molecule has 0 unspecified atom stereocenters. The number of hydrogen-bond donors (Lipinski definition) is 1. The summed E-state index contributed by atoms with van der Waals surface area (Å²) in [6.45, 7) is 2.93. The highest BCUT2D eigenvalue weighted by Crippen LogP contribution is 2.47. The second kappa shape index (κ2) is 3.63. The average molecular weight is 241 g/mol. The first kappa shape index (κ1) is 13.0. The van der Waals surface area contributed by atoms with Gasteiger partial charge in [0.1, 0.15) is 0 Å². The van der Waals surface area contributed by atoms with E-state index in [0.29, 0.717) is 6.08 Å². The molecule has 0 bridgehead atoms. The van der Waals surface area contributed by atoms with Crippen molar-refractivity contribution in [3.05, 3.63) is 12.7 Å². The van der Waals surface area contributed by atoms with Crippen LogP contribution >= 0.6 is 23.2 Å². The first-order valence-electron chi connectivity index (χ1n) is 3.03. The van der Waals surface area contributed by atoms with E-state index in [1.807, 2.05) is 0 Å². The van der Waals surface area contributed by atoms with Crippen molar-refractivity contribution in [1.29, 1.82) is 0 Å². The maximum atomic E-state index is 12.4. The van der Waals surface area contributed by atoms with Crippen molar-refractivity contribution in [1.82, 2.24) is 0 Å². The monoisotopic (exact) mass is 240 g/mol. The van der Waals surface area contributed by atoms with Crippen LogP contribution in [-0.4, -0.2) is 21.5 Å². The topological polar surface area (TPSA) is 20.2 Å². The molecule has 0 radical (unpaired) electrons. The van der Waals surface area contributed by atoms with Gasteiger partial charge in [0.05, 0.1) is 0 Å². The summed E-state index contributed by atoms with van der Waals surface area (Å²) in [7, 11) is 0. The van der Waals surface area contributed by atoms with Gasteiger partial charge in [-0.15, -0.1) is 6.58 Å². The Hall–Kier alpha value is -0.0000000000000000555. The van der Waals surface area contributed by atoms with Gasteiger partial charge in [-0.25, -0.2) is 0 Å². The van der Waals surface area contributed by atoms with E-state index in [0.717, 1.165) is 0 Å². The third-order valence-electron chi connectivity index (χ3n) is 1.38. The SMILES string of the molecule is C=CCC(O)(C(F)(F)Cl)C(F)(F)Cl. The van der Waals surface area contributed by atoms with E-state index in [-0.39, 0.29) is 0 Å². The van der Waals surface area contributed by atoms with Gasteiger partial charge in [0.2, 0.25) is 5.60 Å². The Labute approximate surface area is 81.9 Å². The Bertz CT molecular complexity index is 182. The lowest BCUT2D eigenvalue weighted by Crippen LogP contribution is -2.55. The first-order chi connectivity index (χ1) is 5.56. The summed E-state index contributed by atoms with van der Waals surface area (Å²) in [6, 6.07) is 0. The molecule has 0 saturated heterocycles. The van der Waals surface area contributed by atoms with E-state index in [4.69, 9.17) is 5.11 Å². The molecule has 0 saturated carbocycles. The summed E-state index contributed by atoms with van der Waals surface area (Å²) in [5, 5.41) is -0.221. The van der Waals surface area contributed by atoms with Gasteiger partial charge in [0.15, 0.2) is 0 Å². The third-order valence-corrected chi connectivity index (χ3v) is 2.00. The van der Waals surface area contributed by atoms with Gasteiger partial charge >= 0.3 is 10.8 Å². The molecule has 78 valence electrons.